The third-order valence-corrected chi connectivity index (χ3v) is 5.69. The quantitative estimate of drug-likeness (QED) is 0.103. The molecule has 0 bridgehead atoms. The molecule has 2 N–H and O–H groups in total. The summed E-state index contributed by atoms with van der Waals surface area (Å²) in [6.45, 7) is 1.62. The van der Waals surface area contributed by atoms with Crippen LogP contribution >= 0.6 is 24.4 Å². The number of hydrogen-bond acceptors (Lipinski definition) is 10. The van der Waals surface area contributed by atoms with Crippen molar-refractivity contribution in [2.75, 3.05) is 0 Å². The molecule has 2 aromatic rings. The molecule has 0 amide bonds. The first-order valence-electron chi connectivity index (χ1n) is 11.8. The van der Waals surface area contributed by atoms with Crippen LogP contribution in [0.25, 0.3) is 0 Å². The fourth-order valence-corrected chi connectivity index (χ4v) is 3.56. The van der Waals surface area contributed by atoms with Crippen LogP contribution < -0.4 is 69.3 Å². The van der Waals surface area contributed by atoms with E-state index >= 15 is 0 Å². The van der Waals surface area contributed by atoms with E-state index in [0.717, 1.165) is 90.1 Å². The van der Waals surface area contributed by atoms with Gasteiger partial charge in [-0.1, -0.05) is 72.0 Å². The summed E-state index contributed by atoms with van der Waals surface area (Å²) in [6, 6.07) is 0. The Labute approximate surface area is 265 Å². The number of carboxylic acids is 2. The zero-order valence-corrected chi connectivity index (χ0v) is 27.1. The average Bonchev–Trinajstić information content (AvgIpc) is 3.39. The number of carboxylic acid groups (broad SMARTS) is 2. The number of rotatable bonds is 18. The van der Waals surface area contributed by atoms with Gasteiger partial charge in [0.1, 0.15) is 0 Å². The van der Waals surface area contributed by atoms with Crippen molar-refractivity contribution in [2.45, 2.75) is 103 Å². The van der Waals surface area contributed by atoms with Gasteiger partial charge in [-0.2, -0.15) is 10.4 Å². The summed E-state index contributed by atoms with van der Waals surface area (Å²) in [4.78, 5) is 20.3. The summed E-state index contributed by atoms with van der Waals surface area (Å²) >= 11 is 9.88. The number of carbonyl (C=O) groups excluding carboxylic acids is 2. The Kier molecular flexibility index (Phi) is 26.0. The van der Waals surface area contributed by atoms with Gasteiger partial charge in [0.15, 0.2) is 0 Å². The number of aliphatic carboxylic acids is 2. The molecule has 0 aromatic carbocycles. The molecule has 192 valence electrons. The Morgan fingerprint density at radius 2 is 0.917 bits per heavy atom. The van der Waals surface area contributed by atoms with Crippen LogP contribution in [0.3, 0.4) is 0 Å². The predicted octanol–water partition coefficient (Wildman–Crippen LogP) is -4.36. The van der Waals surface area contributed by atoms with Gasteiger partial charge in [-0.3, -0.25) is 0 Å². The summed E-state index contributed by atoms with van der Waals surface area (Å²) in [7, 11) is 0. The van der Waals surface area contributed by atoms with Crippen LogP contribution in [-0.2, 0) is 22.7 Å². The summed E-state index contributed by atoms with van der Waals surface area (Å²) in [6.07, 6.45) is 12.3. The van der Waals surface area contributed by atoms with Crippen LogP contribution in [0.2, 0.25) is 0 Å². The smallest absolute Gasteiger partial charge is 0.550 e. The molecule has 0 radical (unpaired) electrons. The van der Waals surface area contributed by atoms with E-state index in [1.807, 2.05) is 0 Å². The van der Waals surface area contributed by atoms with Crippen molar-refractivity contribution in [2.24, 2.45) is 0 Å². The van der Waals surface area contributed by atoms with Crippen molar-refractivity contribution in [1.29, 1.82) is 0 Å². The number of aromatic amines is 2. The summed E-state index contributed by atoms with van der Waals surface area (Å²) in [5.41, 5.74) is 0. The van der Waals surface area contributed by atoms with Gasteiger partial charge in [0.05, 0.1) is 0 Å². The molecule has 0 unspecified atom stereocenters. The van der Waals surface area contributed by atoms with E-state index in [0.29, 0.717) is 9.54 Å². The minimum absolute atomic E-state index is 0. The predicted molar refractivity (Wildman–Crippen MR) is 125 cm³/mol. The molecule has 0 aliphatic carbocycles. The van der Waals surface area contributed by atoms with Crippen molar-refractivity contribution in [3.05, 3.63) is 9.54 Å². The van der Waals surface area contributed by atoms with Crippen LogP contribution in [0.5, 0.6) is 0 Å². The standard InChI is InChI=1S/2C10H18N4O2S.2Na/c2*15-9(16)7-5-3-1-2-4-6-8-14-10(17)11-12-13-14;;/h2*1-8H2,(H,15,16)(H,11,13,17);;/q;;2*+1/p-2. The first-order chi connectivity index (χ1) is 16.4. The van der Waals surface area contributed by atoms with Gasteiger partial charge in [0, 0.05) is 25.0 Å². The van der Waals surface area contributed by atoms with Crippen molar-refractivity contribution < 1.29 is 78.9 Å². The van der Waals surface area contributed by atoms with E-state index in [2.05, 4.69) is 31.1 Å². The molecule has 0 fully saturated rings. The number of unbranched alkanes of at least 4 members (excludes halogenated alkanes) is 10. The maximum atomic E-state index is 10.2. The molecule has 0 aliphatic heterocycles. The summed E-state index contributed by atoms with van der Waals surface area (Å²) in [5, 5.41) is 40.3. The molecule has 16 heteroatoms. The maximum Gasteiger partial charge on any atom is 1.00 e. The zero-order chi connectivity index (χ0) is 25.0. The Balaban J connectivity index is 0. The molecule has 2 aromatic heterocycles. The molecule has 12 nitrogen and oxygen atoms in total. The number of carbonyl (C=O) groups is 2. The van der Waals surface area contributed by atoms with Crippen LogP contribution in [0, 0.1) is 9.54 Å². The van der Waals surface area contributed by atoms with Crippen molar-refractivity contribution >= 4 is 36.4 Å². The fourth-order valence-electron chi connectivity index (χ4n) is 3.22. The molecule has 0 saturated heterocycles. The van der Waals surface area contributed by atoms with Crippen molar-refractivity contribution in [3.8, 4) is 0 Å². The molecule has 0 aliphatic rings. The van der Waals surface area contributed by atoms with E-state index in [-0.39, 0.29) is 72.0 Å². The van der Waals surface area contributed by atoms with Crippen LogP contribution in [0.15, 0.2) is 0 Å². The third-order valence-electron chi connectivity index (χ3n) is 5.09. The first kappa shape index (κ1) is 37.7. The van der Waals surface area contributed by atoms with Gasteiger partial charge in [-0.05, 0) is 63.0 Å². The Bertz CT molecular complexity index is 861. The van der Waals surface area contributed by atoms with Crippen molar-refractivity contribution in [1.82, 2.24) is 40.4 Å². The van der Waals surface area contributed by atoms with Gasteiger partial charge in [0.25, 0.3) is 0 Å². The molecule has 2 heterocycles. The second-order valence-electron chi connectivity index (χ2n) is 7.96. The normalized spacial score (nSPS) is 10.0. The second kappa shape index (κ2) is 24.8. The number of nitrogens with one attached hydrogen (secondary N) is 2. The van der Waals surface area contributed by atoms with E-state index in [1.165, 1.54) is 0 Å². The number of nitrogens with zero attached hydrogens (tertiary/aromatic N) is 6. The Morgan fingerprint density at radius 3 is 1.19 bits per heavy atom. The van der Waals surface area contributed by atoms with Crippen LogP contribution in [0.1, 0.15) is 89.9 Å². The largest absolute Gasteiger partial charge is 1.00 e. The van der Waals surface area contributed by atoms with Gasteiger partial charge >= 0.3 is 59.1 Å². The molecule has 0 spiro atoms. The molecule has 0 saturated carbocycles. The van der Waals surface area contributed by atoms with Gasteiger partial charge in [-0.15, -0.1) is 0 Å². The number of hydrogen-bond donors (Lipinski definition) is 2. The SMILES string of the molecule is O=C([O-])CCCCCCCCn1[nH]nnc1=S.O=C([O-])CCCCCCCCn1[nH]nnc1=S.[Na+].[Na+]. The molecular weight excluding hydrogens is 526 g/mol. The van der Waals surface area contributed by atoms with E-state index in [4.69, 9.17) is 24.4 Å². The first-order valence-corrected chi connectivity index (χ1v) is 12.6. The molecule has 36 heavy (non-hydrogen) atoms. The number of H-pyrrole nitrogens is 2. The fraction of sp³-hybridized carbons (Fsp3) is 0.800. The second-order valence-corrected chi connectivity index (χ2v) is 8.69. The Morgan fingerprint density at radius 1 is 0.611 bits per heavy atom. The number of aryl methyl sites for hydroxylation is 2. The third kappa shape index (κ3) is 20.6. The topological polar surface area (TPSA) is 173 Å². The monoisotopic (exact) mass is 560 g/mol. The molecule has 0 atom stereocenters. The average molecular weight is 561 g/mol. The van der Waals surface area contributed by atoms with E-state index < -0.39 is 11.9 Å². The van der Waals surface area contributed by atoms with Crippen LogP contribution in [0.4, 0.5) is 0 Å². The summed E-state index contributed by atoms with van der Waals surface area (Å²) < 4.78 is 4.45. The van der Waals surface area contributed by atoms with Gasteiger partial charge in [0.2, 0.25) is 9.54 Å². The van der Waals surface area contributed by atoms with E-state index in [1.54, 1.807) is 9.36 Å². The zero-order valence-electron chi connectivity index (χ0n) is 21.4. The van der Waals surface area contributed by atoms with Gasteiger partial charge in [-0.25, -0.2) is 9.36 Å². The van der Waals surface area contributed by atoms with Crippen molar-refractivity contribution in [3.63, 3.8) is 0 Å². The van der Waals surface area contributed by atoms with Crippen LogP contribution in [-0.4, -0.2) is 52.4 Å². The van der Waals surface area contributed by atoms with Gasteiger partial charge < -0.3 is 19.8 Å². The number of tetrazole rings is 2. The number of aromatic nitrogens is 8. The van der Waals surface area contributed by atoms with E-state index in [9.17, 15) is 19.8 Å². The minimum atomic E-state index is -0.953. The summed E-state index contributed by atoms with van der Waals surface area (Å²) in [5.74, 6) is -1.91. The molecule has 2 rings (SSSR count). The Hall–Kier alpha value is -0.480. The molecular formula is C20H34N8Na2O4S2. The maximum absolute atomic E-state index is 10.2. The minimum Gasteiger partial charge on any atom is -0.550 e.